The second-order valence-electron chi connectivity index (χ2n) is 9.48. The lowest BCUT2D eigenvalue weighted by molar-refractivity contribution is -0.128. The van der Waals surface area contributed by atoms with Gasteiger partial charge in [0, 0.05) is 36.1 Å². The molecule has 0 spiro atoms. The molecule has 2 atom stereocenters. The summed E-state index contributed by atoms with van der Waals surface area (Å²) < 4.78 is 6.52. The van der Waals surface area contributed by atoms with Crippen LogP contribution < -0.4 is 5.32 Å². The molecule has 0 bridgehead atoms. The first kappa shape index (κ1) is 25.8. The van der Waals surface area contributed by atoms with Crippen molar-refractivity contribution in [2.45, 2.75) is 63.3 Å². The maximum atomic E-state index is 13.9. The van der Waals surface area contributed by atoms with Crippen LogP contribution in [0.5, 0.6) is 0 Å². The number of ether oxygens (including phenoxy) is 1. The van der Waals surface area contributed by atoms with Crippen LogP contribution in [0, 0.1) is 6.92 Å². The first-order chi connectivity index (χ1) is 17.4. The lowest BCUT2D eigenvalue weighted by Gasteiger charge is -2.29. The molecule has 4 rings (SSSR count). The number of carbonyl (C=O) groups is 3. The summed E-state index contributed by atoms with van der Waals surface area (Å²) in [5, 5.41) is 9.69. The number of methoxy groups -OCH3 is 1. The van der Waals surface area contributed by atoms with Crippen LogP contribution >= 0.6 is 11.3 Å². The molecule has 2 heterocycles. The molecule has 8 heteroatoms. The lowest BCUT2D eigenvalue weighted by atomic mass is 9.77. The molecule has 1 amide bonds. The quantitative estimate of drug-likeness (QED) is 0.424. The molecular formula is C28H33N3O4S. The summed E-state index contributed by atoms with van der Waals surface area (Å²) in [6.45, 7) is 1.87. The van der Waals surface area contributed by atoms with E-state index in [9.17, 15) is 14.4 Å². The van der Waals surface area contributed by atoms with Gasteiger partial charge in [-0.1, -0.05) is 37.5 Å². The number of benzene rings is 1. The van der Waals surface area contributed by atoms with E-state index >= 15 is 0 Å². The zero-order valence-corrected chi connectivity index (χ0v) is 21.8. The van der Waals surface area contributed by atoms with E-state index in [-0.39, 0.29) is 24.2 Å². The van der Waals surface area contributed by atoms with Crippen LogP contribution in [0.25, 0.3) is 0 Å². The predicted octanol–water partition coefficient (Wildman–Crippen LogP) is 4.70. The van der Waals surface area contributed by atoms with Gasteiger partial charge in [0.15, 0.2) is 0 Å². The van der Waals surface area contributed by atoms with Gasteiger partial charge in [-0.05, 0) is 48.9 Å². The summed E-state index contributed by atoms with van der Waals surface area (Å²) in [4.78, 5) is 40.8. The number of aromatic nitrogens is 2. The van der Waals surface area contributed by atoms with Crippen LogP contribution in [0.2, 0.25) is 0 Å². The Labute approximate surface area is 215 Å². The Hall–Kier alpha value is -3.26. The summed E-state index contributed by atoms with van der Waals surface area (Å²) in [7, 11) is 3.15. The van der Waals surface area contributed by atoms with Gasteiger partial charge in [-0.2, -0.15) is 5.10 Å². The molecule has 36 heavy (non-hydrogen) atoms. The molecule has 1 N–H and O–H groups in total. The van der Waals surface area contributed by atoms with E-state index in [4.69, 9.17) is 4.74 Å². The van der Waals surface area contributed by atoms with Crippen LogP contribution in [0.1, 0.15) is 76.0 Å². The fourth-order valence-electron chi connectivity index (χ4n) is 5.14. The van der Waals surface area contributed by atoms with E-state index in [1.165, 1.54) is 24.9 Å². The van der Waals surface area contributed by atoms with Crippen molar-refractivity contribution in [2.24, 2.45) is 7.05 Å². The predicted molar refractivity (Wildman–Crippen MR) is 139 cm³/mol. The number of nitrogens with one attached hydrogen (secondary N) is 1. The lowest BCUT2D eigenvalue weighted by Crippen LogP contribution is -2.42. The normalized spacial score (nSPS) is 15.8. The minimum absolute atomic E-state index is 0.0460. The fraction of sp³-hybridized carbons (Fsp3) is 0.429. The van der Waals surface area contributed by atoms with Crippen LogP contribution in [0.3, 0.4) is 0 Å². The monoisotopic (exact) mass is 507 g/mol. The third-order valence-corrected chi connectivity index (χ3v) is 7.80. The minimum Gasteiger partial charge on any atom is -0.465 e. The second-order valence-corrected chi connectivity index (χ2v) is 10.5. The average molecular weight is 508 g/mol. The zero-order valence-electron chi connectivity index (χ0n) is 21.0. The van der Waals surface area contributed by atoms with Gasteiger partial charge >= 0.3 is 5.97 Å². The van der Waals surface area contributed by atoms with Crippen molar-refractivity contribution in [3.8, 4) is 0 Å². The number of thiophene rings is 1. The molecule has 1 saturated carbocycles. The number of esters is 1. The number of rotatable bonds is 9. The molecule has 0 radical (unpaired) electrons. The molecule has 0 unspecified atom stereocenters. The summed E-state index contributed by atoms with van der Waals surface area (Å²) in [6, 6.07) is 10.8. The first-order valence-electron chi connectivity index (χ1n) is 12.4. The SMILES string of the molecule is COC(=O)c1ccc([C@@H](C(=O)Cc2cccs2)[C@H](C(=O)NC2CCCCC2)c2cn(C)nc2C)cc1. The summed E-state index contributed by atoms with van der Waals surface area (Å²) in [5.41, 5.74) is 2.55. The topological polar surface area (TPSA) is 90.3 Å². The second kappa shape index (κ2) is 11.6. The van der Waals surface area contributed by atoms with Crippen molar-refractivity contribution in [1.82, 2.24) is 15.1 Å². The molecule has 1 aliphatic carbocycles. The molecule has 1 fully saturated rings. The van der Waals surface area contributed by atoms with Crippen molar-refractivity contribution in [1.29, 1.82) is 0 Å². The Kier molecular flexibility index (Phi) is 8.36. The van der Waals surface area contributed by atoms with Crippen LogP contribution in [0.4, 0.5) is 0 Å². The molecule has 0 saturated heterocycles. The molecule has 7 nitrogen and oxygen atoms in total. The van der Waals surface area contributed by atoms with Crippen LogP contribution in [-0.4, -0.2) is 40.6 Å². The number of amides is 1. The van der Waals surface area contributed by atoms with Gasteiger partial charge in [-0.3, -0.25) is 14.3 Å². The van der Waals surface area contributed by atoms with Gasteiger partial charge in [0.2, 0.25) is 5.91 Å². The third kappa shape index (κ3) is 5.93. The highest BCUT2D eigenvalue weighted by molar-refractivity contribution is 7.10. The Balaban J connectivity index is 1.76. The van der Waals surface area contributed by atoms with Gasteiger partial charge in [0.1, 0.15) is 5.78 Å². The maximum absolute atomic E-state index is 13.9. The number of hydrogen-bond acceptors (Lipinski definition) is 6. The molecule has 1 aliphatic rings. The first-order valence-corrected chi connectivity index (χ1v) is 13.3. The van der Waals surface area contributed by atoms with Crippen molar-refractivity contribution in [3.05, 3.63) is 75.2 Å². The van der Waals surface area contributed by atoms with Gasteiger partial charge < -0.3 is 10.1 Å². The standard InChI is InChI=1S/C28H33N3O4S/c1-18-23(17-31(2)30-18)26(27(33)29-21-8-5-4-6-9-21)25(24(32)16-22-10-7-15-36-22)19-11-13-20(14-12-19)28(34)35-3/h7,10-15,17,21,25-26H,4-6,8-9,16H2,1-3H3,(H,29,33)/t25-,26+/m0/s1. The van der Waals surface area contributed by atoms with E-state index < -0.39 is 17.8 Å². The minimum atomic E-state index is -0.739. The Morgan fingerprint density at radius 2 is 1.83 bits per heavy atom. The average Bonchev–Trinajstić information content (AvgIpc) is 3.51. The number of ketones is 1. The number of aryl methyl sites for hydroxylation is 2. The largest absolute Gasteiger partial charge is 0.465 e. The van der Waals surface area contributed by atoms with Crippen molar-refractivity contribution in [3.63, 3.8) is 0 Å². The summed E-state index contributed by atoms with van der Waals surface area (Å²) in [5.74, 6) is -2.12. The van der Waals surface area contributed by atoms with E-state index in [0.717, 1.165) is 41.8 Å². The highest BCUT2D eigenvalue weighted by Crippen LogP contribution is 2.37. The smallest absolute Gasteiger partial charge is 0.337 e. The molecule has 0 aliphatic heterocycles. The van der Waals surface area contributed by atoms with Gasteiger partial charge in [-0.15, -0.1) is 11.3 Å². The summed E-state index contributed by atoms with van der Waals surface area (Å²) in [6.07, 6.45) is 7.35. The molecule has 1 aromatic carbocycles. The van der Waals surface area contributed by atoms with E-state index in [2.05, 4.69) is 10.4 Å². The van der Waals surface area contributed by atoms with Crippen molar-refractivity contribution >= 4 is 29.0 Å². The van der Waals surface area contributed by atoms with Gasteiger partial charge in [0.25, 0.3) is 0 Å². The Bertz CT molecular complexity index is 1190. The van der Waals surface area contributed by atoms with E-state index in [0.29, 0.717) is 11.1 Å². The number of carbonyl (C=O) groups excluding carboxylic acids is 3. The maximum Gasteiger partial charge on any atom is 0.337 e. The summed E-state index contributed by atoms with van der Waals surface area (Å²) >= 11 is 1.53. The van der Waals surface area contributed by atoms with Crippen LogP contribution in [-0.2, 0) is 27.8 Å². The number of nitrogens with zero attached hydrogens (tertiary/aromatic N) is 2. The highest BCUT2D eigenvalue weighted by atomic mass is 32.1. The molecule has 2 aromatic heterocycles. The van der Waals surface area contributed by atoms with Gasteiger partial charge in [-0.25, -0.2) is 4.79 Å². The zero-order chi connectivity index (χ0) is 25.7. The van der Waals surface area contributed by atoms with E-state index in [1.807, 2.05) is 37.7 Å². The number of hydrogen-bond donors (Lipinski definition) is 1. The molecule has 3 aromatic rings. The molecular weight excluding hydrogens is 474 g/mol. The third-order valence-electron chi connectivity index (χ3n) is 6.92. The Morgan fingerprint density at radius 1 is 1.11 bits per heavy atom. The highest BCUT2D eigenvalue weighted by Gasteiger charge is 2.39. The van der Waals surface area contributed by atoms with Gasteiger partial charge in [0.05, 0.1) is 30.2 Å². The van der Waals surface area contributed by atoms with Crippen molar-refractivity contribution < 1.29 is 19.1 Å². The fourth-order valence-corrected chi connectivity index (χ4v) is 5.85. The van der Waals surface area contributed by atoms with Crippen molar-refractivity contribution in [2.75, 3.05) is 7.11 Å². The Morgan fingerprint density at radius 3 is 2.42 bits per heavy atom. The number of Topliss-reactive ketones (excluding diaryl/α,β-unsaturated/α-hetero) is 1. The molecule has 190 valence electrons. The van der Waals surface area contributed by atoms with E-state index in [1.54, 1.807) is 28.9 Å². The van der Waals surface area contributed by atoms with Crippen LogP contribution in [0.15, 0.2) is 48.0 Å².